The van der Waals surface area contributed by atoms with Crippen molar-refractivity contribution in [1.82, 2.24) is 25.4 Å². The summed E-state index contributed by atoms with van der Waals surface area (Å²) in [5.74, 6) is 0. The Labute approximate surface area is 146 Å². The van der Waals surface area contributed by atoms with Crippen molar-refractivity contribution in [2.45, 2.75) is 19.5 Å². The van der Waals surface area contributed by atoms with E-state index in [1.54, 1.807) is 11.0 Å². The van der Waals surface area contributed by atoms with Gasteiger partial charge in [0.1, 0.15) is 12.7 Å². The second kappa shape index (κ2) is 7.70. The number of benzene rings is 2. The molecule has 6 heteroatoms. The summed E-state index contributed by atoms with van der Waals surface area (Å²) in [4.78, 5) is 3.96. The zero-order chi connectivity index (χ0) is 16.8. The highest BCUT2D eigenvalue weighted by Gasteiger charge is 2.07. The lowest BCUT2D eigenvalue weighted by molar-refractivity contribution is 0.697. The van der Waals surface area contributed by atoms with Gasteiger partial charge in [-0.05, 0) is 42.4 Å². The average molecular weight is 337 g/mol. The molecule has 0 spiro atoms. The Morgan fingerprint density at radius 3 is 2.54 bits per heavy atom. The van der Waals surface area contributed by atoms with Crippen LogP contribution in [0.25, 0.3) is 5.69 Å². The molecule has 122 valence electrons. The van der Waals surface area contributed by atoms with Crippen molar-refractivity contribution in [3.05, 3.63) is 78.4 Å². The van der Waals surface area contributed by atoms with Crippen LogP contribution < -0.4 is 10.6 Å². The van der Waals surface area contributed by atoms with E-state index < -0.39 is 0 Å². The third kappa shape index (κ3) is 4.17. The Morgan fingerprint density at radius 1 is 1.12 bits per heavy atom. The molecule has 0 saturated carbocycles. The van der Waals surface area contributed by atoms with Gasteiger partial charge >= 0.3 is 0 Å². The molecule has 2 N–H and O–H groups in total. The van der Waals surface area contributed by atoms with E-state index >= 15 is 0 Å². The van der Waals surface area contributed by atoms with Gasteiger partial charge in [-0.1, -0.05) is 42.5 Å². The van der Waals surface area contributed by atoms with Gasteiger partial charge in [-0.25, -0.2) is 9.67 Å². The number of hydrogen-bond acceptors (Lipinski definition) is 3. The molecule has 2 aromatic carbocycles. The second-order valence-electron chi connectivity index (χ2n) is 5.47. The molecule has 0 amide bonds. The number of hydrogen-bond donors (Lipinski definition) is 2. The first-order chi connectivity index (χ1) is 11.7. The monoisotopic (exact) mass is 337 g/mol. The van der Waals surface area contributed by atoms with Crippen molar-refractivity contribution in [1.29, 1.82) is 0 Å². The molecule has 1 aromatic heterocycles. The molecule has 3 rings (SSSR count). The second-order valence-corrected chi connectivity index (χ2v) is 5.87. The van der Waals surface area contributed by atoms with E-state index in [-0.39, 0.29) is 6.04 Å². The fourth-order valence-electron chi connectivity index (χ4n) is 2.37. The fourth-order valence-corrected chi connectivity index (χ4v) is 2.62. The van der Waals surface area contributed by atoms with Crippen LogP contribution in [0.3, 0.4) is 0 Å². The van der Waals surface area contributed by atoms with Crippen LogP contribution in [0.1, 0.15) is 24.1 Å². The number of thiocarbonyl (C=S) groups is 1. The predicted molar refractivity (Wildman–Crippen MR) is 98.8 cm³/mol. The third-order valence-corrected chi connectivity index (χ3v) is 3.98. The van der Waals surface area contributed by atoms with E-state index in [1.807, 2.05) is 30.3 Å². The van der Waals surface area contributed by atoms with Crippen molar-refractivity contribution in [2.24, 2.45) is 0 Å². The Balaban J connectivity index is 1.54. The quantitative estimate of drug-likeness (QED) is 0.701. The zero-order valence-corrected chi connectivity index (χ0v) is 14.2. The Hall–Kier alpha value is -2.73. The topological polar surface area (TPSA) is 54.8 Å². The first-order valence-corrected chi connectivity index (χ1v) is 8.16. The van der Waals surface area contributed by atoms with Crippen LogP contribution in [0, 0.1) is 0 Å². The lowest BCUT2D eigenvalue weighted by Crippen LogP contribution is -2.36. The van der Waals surface area contributed by atoms with Gasteiger partial charge in [0, 0.05) is 6.54 Å². The molecule has 5 nitrogen and oxygen atoms in total. The van der Waals surface area contributed by atoms with E-state index in [0.717, 1.165) is 11.3 Å². The highest BCUT2D eigenvalue weighted by atomic mass is 32.1. The van der Waals surface area contributed by atoms with Crippen molar-refractivity contribution >= 4 is 17.3 Å². The highest BCUT2D eigenvalue weighted by Crippen LogP contribution is 2.15. The van der Waals surface area contributed by atoms with Crippen LogP contribution in [0.4, 0.5) is 0 Å². The molecule has 3 aromatic rings. The molecule has 0 unspecified atom stereocenters. The minimum absolute atomic E-state index is 0.116. The normalized spacial score (nSPS) is 11.7. The molecule has 0 aliphatic heterocycles. The minimum atomic E-state index is 0.116. The molecule has 0 aliphatic carbocycles. The Bertz CT molecular complexity index is 769. The predicted octanol–water partition coefficient (Wildman–Crippen LogP) is 2.99. The lowest BCUT2D eigenvalue weighted by Gasteiger charge is -2.17. The average Bonchev–Trinajstić information content (AvgIpc) is 3.16. The van der Waals surface area contributed by atoms with Gasteiger partial charge in [0.2, 0.25) is 0 Å². The van der Waals surface area contributed by atoms with Gasteiger partial charge in [-0.3, -0.25) is 0 Å². The van der Waals surface area contributed by atoms with Gasteiger partial charge in [-0.15, -0.1) is 0 Å². The summed E-state index contributed by atoms with van der Waals surface area (Å²) >= 11 is 5.38. The molecular formula is C18H19N5S. The summed E-state index contributed by atoms with van der Waals surface area (Å²) in [5.41, 5.74) is 3.34. The maximum Gasteiger partial charge on any atom is 0.167 e. The van der Waals surface area contributed by atoms with Crippen LogP contribution in [-0.2, 0) is 6.54 Å². The smallest absolute Gasteiger partial charge is 0.167 e. The Morgan fingerprint density at radius 2 is 1.88 bits per heavy atom. The minimum Gasteiger partial charge on any atom is -0.359 e. The van der Waals surface area contributed by atoms with Gasteiger partial charge < -0.3 is 10.6 Å². The summed E-state index contributed by atoms with van der Waals surface area (Å²) in [5, 5.41) is 11.3. The van der Waals surface area contributed by atoms with Gasteiger partial charge in [-0.2, -0.15) is 5.10 Å². The van der Waals surface area contributed by atoms with E-state index in [0.29, 0.717) is 11.7 Å². The van der Waals surface area contributed by atoms with Crippen molar-refractivity contribution in [2.75, 3.05) is 0 Å². The van der Waals surface area contributed by atoms with Crippen molar-refractivity contribution in [3.8, 4) is 5.69 Å². The lowest BCUT2D eigenvalue weighted by atomic mass is 10.1. The SMILES string of the molecule is C[C@H](NC(=S)NCc1ccccc1)c1ccc(-n2cncn2)cc1. The number of aromatic nitrogens is 3. The molecule has 24 heavy (non-hydrogen) atoms. The molecule has 0 radical (unpaired) electrons. The Kier molecular flexibility index (Phi) is 5.18. The molecular weight excluding hydrogens is 318 g/mol. The van der Waals surface area contributed by atoms with E-state index in [1.165, 1.54) is 11.9 Å². The zero-order valence-electron chi connectivity index (χ0n) is 13.4. The van der Waals surface area contributed by atoms with Crippen LogP contribution in [-0.4, -0.2) is 19.9 Å². The molecule has 0 saturated heterocycles. The molecule has 1 heterocycles. The van der Waals surface area contributed by atoms with Gasteiger partial charge in [0.25, 0.3) is 0 Å². The highest BCUT2D eigenvalue weighted by molar-refractivity contribution is 7.80. The van der Waals surface area contributed by atoms with Crippen LogP contribution in [0.5, 0.6) is 0 Å². The maximum absolute atomic E-state index is 5.38. The molecule has 0 fully saturated rings. The fraction of sp³-hybridized carbons (Fsp3) is 0.167. The maximum atomic E-state index is 5.38. The largest absolute Gasteiger partial charge is 0.359 e. The van der Waals surface area contributed by atoms with Gasteiger partial charge in [0.15, 0.2) is 5.11 Å². The van der Waals surface area contributed by atoms with E-state index in [9.17, 15) is 0 Å². The van der Waals surface area contributed by atoms with E-state index in [4.69, 9.17) is 12.2 Å². The van der Waals surface area contributed by atoms with Crippen molar-refractivity contribution in [3.63, 3.8) is 0 Å². The summed E-state index contributed by atoms with van der Waals surface area (Å²) < 4.78 is 1.73. The summed E-state index contributed by atoms with van der Waals surface area (Å²) in [6, 6.07) is 18.5. The third-order valence-electron chi connectivity index (χ3n) is 3.72. The van der Waals surface area contributed by atoms with Crippen LogP contribution in [0.2, 0.25) is 0 Å². The van der Waals surface area contributed by atoms with Crippen LogP contribution >= 0.6 is 12.2 Å². The standard InChI is InChI=1S/C18H19N5S/c1-14(22-18(24)20-11-15-5-3-2-4-6-15)16-7-9-17(10-8-16)23-13-19-12-21-23/h2-10,12-14H,11H2,1H3,(H2,20,22,24)/t14-/m0/s1. The van der Waals surface area contributed by atoms with E-state index in [2.05, 4.69) is 51.9 Å². The molecule has 0 bridgehead atoms. The molecule has 0 aliphatic rings. The number of rotatable bonds is 5. The van der Waals surface area contributed by atoms with Gasteiger partial charge in [0.05, 0.1) is 11.7 Å². The van der Waals surface area contributed by atoms with Crippen LogP contribution in [0.15, 0.2) is 67.3 Å². The molecule has 1 atom stereocenters. The number of nitrogens with zero attached hydrogens (tertiary/aromatic N) is 3. The first kappa shape index (κ1) is 16.1. The number of nitrogens with one attached hydrogen (secondary N) is 2. The summed E-state index contributed by atoms with van der Waals surface area (Å²) in [6.07, 6.45) is 3.20. The summed E-state index contributed by atoms with van der Waals surface area (Å²) in [7, 11) is 0. The first-order valence-electron chi connectivity index (χ1n) is 7.75. The van der Waals surface area contributed by atoms with Crippen molar-refractivity contribution < 1.29 is 0 Å². The summed E-state index contributed by atoms with van der Waals surface area (Å²) in [6.45, 7) is 2.80.